The normalized spacial score (nSPS) is 10.1. The van der Waals surface area contributed by atoms with Crippen molar-refractivity contribution in [3.8, 4) is 21.9 Å². The van der Waals surface area contributed by atoms with E-state index in [4.69, 9.17) is 15.2 Å². The summed E-state index contributed by atoms with van der Waals surface area (Å²) in [7, 11) is 3.25. The van der Waals surface area contributed by atoms with Gasteiger partial charge < -0.3 is 15.2 Å². The third-order valence-corrected chi connectivity index (χ3v) is 3.04. The second-order valence-electron chi connectivity index (χ2n) is 3.16. The zero-order valence-corrected chi connectivity index (χ0v) is 9.88. The fourth-order valence-electron chi connectivity index (χ4n) is 1.37. The zero-order chi connectivity index (χ0) is 11.5. The molecule has 5 heteroatoms. The van der Waals surface area contributed by atoms with E-state index >= 15 is 0 Å². The van der Waals surface area contributed by atoms with Crippen molar-refractivity contribution in [2.75, 3.05) is 20.0 Å². The van der Waals surface area contributed by atoms with Crippen LogP contribution >= 0.6 is 11.3 Å². The molecule has 0 amide bonds. The van der Waals surface area contributed by atoms with E-state index in [2.05, 4.69) is 4.98 Å². The van der Waals surface area contributed by atoms with Crippen LogP contribution in [0.3, 0.4) is 0 Å². The number of hydrogen-bond donors (Lipinski definition) is 1. The van der Waals surface area contributed by atoms with E-state index < -0.39 is 0 Å². The Morgan fingerprint density at radius 3 is 2.19 bits per heavy atom. The summed E-state index contributed by atoms with van der Waals surface area (Å²) in [6.07, 6.45) is 1.74. The van der Waals surface area contributed by atoms with Crippen molar-refractivity contribution in [1.29, 1.82) is 0 Å². The second kappa shape index (κ2) is 4.40. The molecule has 84 valence electrons. The summed E-state index contributed by atoms with van der Waals surface area (Å²) in [5.41, 5.74) is 6.59. The first-order valence-electron chi connectivity index (χ1n) is 4.67. The van der Waals surface area contributed by atoms with Crippen LogP contribution < -0.4 is 15.2 Å². The molecule has 0 aliphatic carbocycles. The van der Waals surface area contributed by atoms with Gasteiger partial charge in [-0.05, 0) is 12.1 Å². The molecule has 0 radical (unpaired) electrons. The highest BCUT2D eigenvalue weighted by atomic mass is 32.1. The summed E-state index contributed by atoms with van der Waals surface area (Å²) in [4.78, 5) is 5.01. The Labute approximate surface area is 97.6 Å². The van der Waals surface area contributed by atoms with Gasteiger partial charge in [-0.15, -0.1) is 0 Å². The molecule has 0 spiro atoms. The van der Waals surface area contributed by atoms with Crippen molar-refractivity contribution in [2.24, 2.45) is 0 Å². The lowest BCUT2D eigenvalue weighted by atomic mass is 10.2. The number of hydrogen-bond acceptors (Lipinski definition) is 5. The molecule has 0 saturated heterocycles. The molecule has 0 aliphatic rings. The molecule has 2 rings (SSSR count). The molecule has 0 bridgehead atoms. The first kappa shape index (κ1) is 10.8. The number of aromatic nitrogens is 1. The van der Waals surface area contributed by atoms with Crippen molar-refractivity contribution in [3.05, 3.63) is 24.4 Å². The third-order valence-electron chi connectivity index (χ3n) is 2.16. The van der Waals surface area contributed by atoms with Crippen LogP contribution in [-0.2, 0) is 0 Å². The summed E-state index contributed by atoms with van der Waals surface area (Å²) >= 11 is 1.43. The van der Waals surface area contributed by atoms with Gasteiger partial charge in [0.15, 0.2) is 5.13 Å². The molecule has 0 unspecified atom stereocenters. The minimum absolute atomic E-state index is 0.553. The Bertz CT molecular complexity index is 474. The first-order valence-corrected chi connectivity index (χ1v) is 5.49. The maximum absolute atomic E-state index is 5.60. The predicted octanol–water partition coefficient (Wildman–Crippen LogP) is 2.41. The van der Waals surface area contributed by atoms with E-state index in [1.807, 2.05) is 18.2 Å². The van der Waals surface area contributed by atoms with Gasteiger partial charge in [-0.2, -0.15) is 0 Å². The fourth-order valence-corrected chi connectivity index (χ4v) is 2.04. The van der Waals surface area contributed by atoms with Crippen LogP contribution in [0.1, 0.15) is 0 Å². The number of methoxy groups -OCH3 is 2. The lowest BCUT2D eigenvalue weighted by molar-refractivity contribution is 0.394. The Kier molecular flexibility index (Phi) is 2.96. The minimum Gasteiger partial charge on any atom is -0.497 e. The van der Waals surface area contributed by atoms with Gasteiger partial charge in [-0.3, -0.25) is 0 Å². The third kappa shape index (κ3) is 2.09. The molecule has 0 aliphatic heterocycles. The number of nitrogens with two attached hydrogens (primary N) is 1. The van der Waals surface area contributed by atoms with Crippen LogP contribution in [0.25, 0.3) is 10.4 Å². The number of thiazole rings is 1. The Morgan fingerprint density at radius 1 is 1.12 bits per heavy atom. The molecule has 1 aromatic heterocycles. The van der Waals surface area contributed by atoms with Gasteiger partial charge in [0.2, 0.25) is 0 Å². The van der Waals surface area contributed by atoms with Gasteiger partial charge in [-0.25, -0.2) is 4.98 Å². The van der Waals surface area contributed by atoms with Crippen LogP contribution in [-0.4, -0.2) is 19.2 Å². The number of anilines is 1. The van der Waals surface area contributed by atoms with E-state index in [1.165, 1.54) is 11.3 Å². The topological polar surface area (TPSA) is 57.4 Å². The molecule has 0 saturated carbocycles. The molecule has 0 atom stereocenters. The highest BCUT2D eigenvalue weighted by Gasteiger charge is 2.06. The van der Waals surface area contributed by atoms with Crippen LogP contribution in [0.4, 0.5) is 5.13 Å². The maximum Gasteiger partial charge on any atom is 0.180 e. The molecule has 4 nitrogen and oxygen atoms in total. The standard InChI is InChI=1S/C11H12N2O2S/c1-14-8-3-7(4-9(5-8)15-2)10-6-13-11(12)16-10/h3-6H,1-2H3,(H2,12,13). The number of nitrogens with zero attached hydrogens (tertiary/aromatic N) is 1. The molecule has 16 heavy (non-hydrogen) atoms. The summed E-state index contributed by atoms with van der Waals surface area (Å²) < 4.78 is 10.4. The van der Waals surface area contributed by atoms with Crippen molar-refractivity contribution < 1.29 is 9.47 Å². The van der Waals surface area contributed by atoms with E-state index in [9.17, 15) is 0 Å². The lowest BCUT2D eigenvalue weighted by Crippen LogP contribution is -1.87. The van der Waals surface area contributed by atoms with Gasteiger partial charge in [0.05, 0.1) is 19.1 Å². The van der Waals surface area contributed by atoms with Crippen molar-refractivity contribution >= 4 is 16.5 Å². The Hall–Kier alpha value is -1.75. The van der Waals surface area contributed by atoms with E-state index in [0.29, 0.717) is 5.13 Å². The van der Waals surface area contributed by atoms with Crippen LogP contribution in [0, 0.1) is 0 Å². The molecular weight excluding hydrogens is 224 g/mol. The predicted molar refractivity (Wildman–Crippen MR) is 65.1 cm³/mol. The van der Waals surface area contributed by atoms with Gasteiger partial charge >= 0.3 is 0 Å². The lowest BCUT2D eigenvalue weighted by Gasteiger charge is -2.06. The Balaban J connectivity index is 2.47. The smallest absolute Gasteiger partial charge is 0.180 e. The summed E-state index contributed by atoms with van der Waals surface area (Å²) in [6, 6.07) is 5.68. The second-order valence-corrected chi connectivity index (χ2v) is 4.23. The number of nitrogen functional groups attached to an aromatic ring is 1. The Morgan fingerprint density at radius 2 is 1.75 bits per heavy atom. The monoisotopic (exact) mass is 236 g/mol. The van der Waals surface area contributed by atoms with E-state index in [1.54, 1.807) is 20.4 Å². The van der Waals surface area contributed by atoms with Crippen LogP contribution in [0.2, 0.25) is 0 Å². The van der Waals surface area contributed by atoms with Crippen molar-refractivity contribution in [2.45, 2.75) is 0 Å². The SMILES string of the molecule is COc1cc(OC)cc(-c2cnc(N)s2)c1. The molecule has 1 heterocycles. The quantitative estimate of drug-likeness (QED) is 0.889. The number of rotatable bonds is 3. The van der Waals surface area contributed by atoms with E-state index in [-0.39, 0.29) is 0 Å². The number of benzene rings is 1. The molecule has 0 fully saturated rings. The van der Waals surface area contributed by atoms with Crippen LogP contribution in [0.5, 0.6) is 11.5 Å². The highest BCUT2D eigenvalue weighted by molar-refractivity contribution is 7.18. The minimum atomic E-state index is 0.553. The summed E-state index contributed by atoms with van der Waals surface area (Å²) in [5.74, 6) is 1.50. The van der Waals surface area contributed by atoms with Gasteiger partial charge in [-0.1, -0.05) is 11.3 Å². The van der Waals surface area contributed by atoms with Crippen molar-refractivity contribution in [3.63, 3.8) is 0 Å². The molecule has 2 N–H and O–H groups in total. The molecule has 2 aromatic rings. The average Bonchev–Trinajstić information content (AvgIpc) is 2.75. The zero-order valence-electron chi connectivity index (χ0n) is 9.06. The average molecular weight is 236 g/mol. The highest BCUT2D eigenvalue weighted by Crippen LogP contribution is 2.33. The largest absolute Gasteiger partial charge is 0.497 e. The summed E-state index contributed by atoms with van der Waals surface area (Å²) in [6.45, 7) is 0. The van der Waals surface area contributed by atoms with Gasteiger partial charge in [0, 0.05) is 17.8 Å². The number of ether oxygens (including phenoxy) is 2. The first-order chi connectivity index (χ1) is 7.72. The maximum atomic E-state index is 5.60. The van der Waals surface area contributed by atoms with Crippen molar-refractivity contribution in [1.82, 2.24) is 4.98 Å². The van der Waals surface area contributed by atoms with E-state index in [0.717, 1.165) is 21.9 Å². The van der Waals surface area contributed by atoms with Gasteiger partial charge in [0.1, 0.15) is 11.5 Å². The van der Waals surface area contributed by atoms with Crippen LogP contribution in [0.15, 0.2) is 24.4 Å². The molecular formula is C11H12N2O2S. The molecule has 1 aromatic carbocycles. The fraction of sp³-hybridized carbons (Fsp3) is 0.182. The van der Waals surface area contributed by atoms with Gasteiger partial charge in [0.25, 0.3) is 0 Å². The summed E-state index contributed by atoms with van der Waals surface area (Å²) in [5, 5.41) is 0.553.